The van der Waals surface area contributed by atoms with Crippen molar-refractivity contribution < 1.29 is 33.1 Å². The van der Waals surface area contributed by atoms with Crippen molar-refractivity contribution in [2.45, 2.75) is 69.1 Å². The van der Waals surface area contributed by atoms with Gasteiger partial charge >= 0.3 is 6.03 Å². The van der Waals surface area contributed by atoms with Gasteiger partial charge in [0.25, 0.3) is 5.91 Å². The van der Waals surface area contributed by atoms with E-state index >= 15 is 0 Å². The predicted molar refractivity (Wildman–Crippen MR) is 185 cm³/mol. The fraction of sp³-hybridized carbons (Fsp3) is 0.389. The molecule has 0 radical (unpaired) electrons. The largest absolute Gasteiger partial charge is 0.411 e. The number of sulfone groups is 1. The molecule has 4 atom stereocenters. The van der Waals surface area contributed by atoms with Gasteiger partial charge in [-0.05, 0) is 47.1 Å². The topological polar surface area (TPSA) is 169 Å². The molecule has 0 unspecified atom stereocenters. The zero-order valence-electron chi connectivity index (χ0n) is 28.1. The van der Waals surface area contributed by atoms with Crippen LogP contribution in [0.25, 0.3) is 0 Å². The molecule has 1 aliphatic heterocycles. The second kappa shape index (κ2) is 16.7. The molecular formula is C36H45N5O7S. The van der Waals surface area contributed by atoms with E-state index in [2.05, 4.69) is 15.8 Å². The number of oxime groups is 1. The van der Waals surface area contributed by atoms with Crippen molar-refractivity contribution >= 4 is 33.9 Å². The highest BCUT2D eigenvalue weighted by Crippen LogP contribution is 2.23. The third-order valence-electron chi connectivity index (χ3n) is 8.48. The van der Waals surface area contributed by atoms with Gasteiger partial charge in [0.1, 0.15) is 18.0 Å². The molecule has 0 aromatic heterocycles. The Morgan fingerprint density at radius 3 is 2.04 bits per heavy atom. The molecule has 3 aromatic rings. The maximum absolute atomic E-state index is 14.0. The van der Waals surface area contributed by atoms with E-state index in [4.69, 9.17) is 5.21 Å². The fourth-order valence-electron chi connectivity index (χ4n) is 5.96. The van der Waals surface area contributed by atoms with E-state index in [9.17, 15) is 27.9 Å². The van der Waals surface area contributed by atoms with E-state index in [0.29, 0.717) is 5.56 Å². The number of amides is 4. The maximum atomic E-state index is 14.0. The first kappa shape index (κ1) is 37.2. The zero-order valence-corrected chi connectivity index (χ0v) is 29.0. The molecule has 1 aliphatic rings. The summed E-state index contributed by atoms with van der Waals surface area (Å²) < 4.78 is 27.3. The number of nitrogens with zero attached hydrogens (tertiary/aromatic N) is 3. The van der Waals surface area contributed by atoms with Crippen LogP contribution in [-0.4, -0.2) is 89.2 Å². The lowest BCUT2D eigenvalue weighted by molar-refractivity contribution is -0.129. The van der Waals surface area contributed by atoms with Crippen LogP contribution in [0.4, 0.5) is 4.79 Å². The van der Waals surface area contributed by atoms with Gasteiger partial charge in [0.2, 0.25) is 5.91 Å². The average Bonchev–Trinajstić information content (AvgIpc) is 3.33. The molecule has 13 heteroatoms. The number of hydrogen-bond acceptors (Lipinski definition) is 9. The van der Waals surface area contributed by atoms with Crippen molar-refractivity contribution in [3.63, 3.8) is 0 Å². The van der Waals surface area contributed by atoms with Gasteiger partial charge in [-0.15, -0.1) is 0 Å². The van der Waals surface area contributed by atoms with Crippen LogP contribution in [0.1, 0.15) is 44.4 Å². The minimum absolute atomic E-state index is 0.0586. The molecule has 49 heavy (non-hydrogen) atoms. The van der Waals surface area contributed by atoms with E-state index in [1.807, 2.05) is 60.7 Å². The van der Waals surface area contributed by atoms with Crippen LogP contribution in [-0.2, 0) is 32.4 Å². The van der Waals surface area contributed by atoms with Crippen molar-refractivity contribution in [1.29, 1.82) is 0 Å². The first-order valence-electron chi connectivity index (χ1n) is 16.3. The van der Waals surface area contributed by atoms with Gasteiger partial charge in [0.05, 0.1) is 29.8 Å². The smallest absolute Gasteiger partial charge is 0.328 e. The number of nitrogens with one attached hydrogen (secondary N) is 2. The van der Waals surface area contributed by atoms with Crippen molar-refractivity contribution in [3.05, 3.63) is 102 Å². The molecule has 4 amide bonds. The number of carbonyl (C=O) groups excluding carboxylic acids is 3. The molecule has 0 bridgehead atoms. The van der Waals surface area contributed by atoms with Gasteiger partial charge < -0.3 is 20.5 Å². The normalized spacial score (nSPS) is 16.4. The molecule has 1 heterocycles. The molecule has 262 valence electrons. The summed E-state index contributed by atoms with van der Waals surface area (Å²) in [6, 6.07) is 21.8. The summed E-state index contributed by atoms with van der Waals surface area (Å²) in [5.74, 6) is -1.70. The minimum Gasteiger partial charge on any atom is -0.411 e. The van der Waals surface area contributed by atoms with Gasteiger partial charge in [-0.3, -0.25) is 19.8 Å². The van der Waals surface area contributed by atoms with Crippen molar-refractivity contribution in [2.24, 2.45) is 17.0 Å². The average molecular weight is 692 g/mol. The SMILES string of the molecule is CC(C)[C@@H](C(=O)N[C@@H](Cc1ccccc1)[C@H](O)CN[C@H](C(C)C)S(=O)(=O)c1ccc(/C=N/O)cc1)N1CC(=O)N(Cc2ccccc2)C1=O. The summed E-state index contributed by atoms with van der Waals surface area (Å²) in [6.07, 6.45) is 0.177. The summed E-state index contributed by atoms with van der Waals surface area (Å²) in [6.45, 7) is 6.73. The molecule has 12 nitrogen and oxygen atoms in total. The second-order valence-electron chi connectivity index (χ2n) is 12.9. The lowest BCUT2D eigenvalue weighted by atomic mass is 9.97. The van der Waals surface area contributed by atoms with Crippen molar-refractivity contribution in [3.8, 4) is 0 Å². The lowest BCUT2D eigenvalue weighted by Gasteiger charge is -2.33. The van der Waals surface area contributed by atoms with Gasteiger partial charge in [0.15, 0.2) is 9.84 Å². The molecule has 4 rings (SSSR count). The van der Waals surface area contributed by atoms with E-state index in [-0.39, 0.29) is 42.8 Å². The maximum Gasteiger partial charge on any atom is 0.328 e. The van der Waals surface area contributed by atoms with Crippen LogP contribution in [0.3, 0.4) is 0 Å². The Bertz CT molecular complexity index is 1700. The van der Waals surface area contributed by atoms with Crippen LogP contribution < -0.4 is 10.6 Å². The van der Waals surface area contributed by atoms with Gasteiger partial charge in [-0.1, -0.05) is 106 Å². The Labute approximate surface area is 287 Å². The Balaban J connectivity index is 1.53. The Kier molecular flexibility index (Phi) is 12.7. The number of hydrogen-bond donors (Lipinski definition) is 4. The highest BCUT2D eigenvalue weighted by molar-refractivity contribution is 7.92. The highest BCUT2D eigenvalue weighted by Gasteiger charge is 2.44. The standard InChI is InChI=1S/C36H45N5O7S/c1-24(2)33(41-23-32(43)40(36(41)45)22-28-13-9-6-10-14-28)34(44)39-30(19-26-11-7-5-8-12-26)31(42)21-37-35(25(3)4)49(47,48)29-17-15-27(16-18-29)20-38-46/h5-18,20,24-25,30-31,33,35,37,42,46H,19,21-23H2,1-4H3,(H,39,44)/b38-20+/t30-,31+,33-,35-/m0/s1. The Hall–Kier alpha value is -4.59. The second-order valence-corrected chi connectivity index (χ2v) is 14.9. The molecular weight excluding hydrogens is 646 g/mol. The van der Waals surface area contributed by atoms with E-state index < -0.39 is 51.2 Å². The van der Waals surface area contributed by atoms with Crippen LogP contribution in [0.2, 0.25) is 0 Å². The Morgan fingerprint density at radius 1 is 0.898 bits per heavy atom. The summed E-state index contributed by atoms with van der Waals surface area (Å²) in [4.78, 5) is 42.9. The number of carbonyl (C=O) groups is 3. The summed E-state index contributed by atoms with van der Waals surface area (Å²) in [7, 11) is -3.91. The Morgan fingerprint density at radius 2 is 1.49 bits per heavy atom. The van der Waals surface area contributed by atoms with Crippen LogP contribution in [0.15, 0.2) is 95.0 Å². The quantitative estimate of drug-likeness (QED) is 0.0767. The first-order valence-corrected chi connectivity index (χ1v) is 17.8. The van der Waals surface area contributed by atoms with Crippen molar-refractivity contribution in [1.82, 2.24) is 20.4 Å². The fourth-order valence-corrected chi connectivity index (χ4v) is 7.80. The molecule has 0 saturated carbocycles. The number of imide groups is 1. The molecule has 4 N–H and O–H groups in total. The molecule has 3 aromatic carbocycles. The summed E-state index contributed by atoms with van der Waals surface area (Å²) in [5.41, 5.74) is 2.13. The monoisotopic (exact) mass is 691 g/mol. The van der Waals surface area contributed by atoms with Gasteiger partial charge in [-0.2, -0.15) is 0 Å². The number of rotatable bonds is 16. The number of urea groups is 1. The van der Waals surface area contributed by atoms with Gasteiger partial charge in [0, 0.05) is 6.54 Å². The molecule has 0 spiro atoms. The van der Waals surface area contributed by atoms with Crippen LogP contribution in [0, 0.1) is 11.8 Å². The van der Waals surface area contributed by atoms with Gasteiger partial charge in [-0.25, -0.2) is 13.2 Å². The molecule has 1 fully saturated rings. The third kappa shape index (κ3) is 9.31. The molecule has 1 saturated heterocycles. The lowest BCUT2D eigenvalue weighted by Crippen LogP contribution is -2.57. The summed E-state index contributed by atoms with van der Waals surface area (Å²) in [5, 5.41) is 28.1. The number of benzene rings is 3. The molecule has 0 aliphatic carbocycles. The van der Waals surface area contributed by atoms with Crippen LogP contribution in [0.5, 0.6) is 0 Å². The highest BCUT2D eigenvalue weighted by atomic mass is 32.2. The predicted octanol–water partition coefficient (Wildman–Crippen LogP) is 3.42. The van der Waals surface area contributed by atoms with E-state index in [0.717, 1.165) is 16.0 Å². The minimum atomic E-state index is -3.91. The number of aliphatic hydroxyl groups excluding tert-OH is 1. The zero-order chi connectivity index (χ0) is 35.7. The number of aliphatic hydroxyl groups is 1. The van der Waals surface area contributed by atoms with E-state index in [1.165, 1.54) is 35.4 Å². The van der Waals surface area contributed by atoms with Crippen LogP contribution >= 0.6 is 0 Å². The summed E-state index contributed by atoms with van der Waals surface area (Å²) >= 11 is 0. The third-order valence-corrected chi connectivity index (χ3v) is 10.8. The van der Waals surface area contributed by atoms with Crippen molar-refractivity contribution in [2.75, 3.05) is 13.1 Å². The van der Waals surface area contributed by atoms with E-state index in [1.54, 1.807) is 27.7 Å². The first-order chi connectivity index (χ1) is 23.3.